The number of oxime groups is 1. The van der Waals surface area contributed by atoms with Gasteiger partial charge in [-0.1, -0.05) is 40.5 Å². The molecule has 0 fully saturated rings. The molecule has 29 heavy (non-hydrogen) atoms. The lowest BCUT2D eigenvalue weighted by Gasteiger charge is -2.13. The Morgan fingerprint density at radius 3 is 2.41 bits per heavy atom. The molecular weight excluding hydrogens is 417 g/mol. The minimum Gasteiger partial charge on any atom is -0.487 e. The number of nitrogens with zero attached hydrogens (tertiary/aromatic N) is 1. The second-order valence-corrected chi connectivity index (χ2v) is 6.84. The van der Waals surface area contributed by atoms with Crippen LogP contribution in [-0.4, -0.2) is 42.7 Å². The van der Waals surface area contributed by atoms with Gasteiger partial charge in [-0.05, 0) is 49.7 Å². The van der Waals surface area contributed by atoms with Gasteiger partial charge >= 0.3 is 5.97 Å². The van der Waals surface area contributed by atoms with Crippen molar-refractivity contribution >= 4 is 34.9 Å². The van der Waals surface area contributed by atoms with E-state index in [0.29, 0.717) is 40.3 Å². The maximum Gasteiger partial charge on any atom is 0.333 e. The van der Waals surface area contributed by atoms with Crippen molar-refractivity contribution in [1.82, 2.24) is 0 Å². The molecule has 0 aliphatic heterocycles. The zero-order valence-corrected chi connectivity index (χ0v) is 17.7. The number of rotatable bonds is 11. The van der Waals surface area contributed by atoms with Crippen LogP contribution in [0.1, 0.15) is 25.0 Å². The molecule has 1 atom stereocenters. The fourth-order valence-corrected chi connectivity index (χ4v) is 3.04. The lowest BCUT2D eigenvalue weighted by atomic mass is 10.1. The Bertz CT molecular complexity index is 839. The van der Waals surface area contributed by atoms with E-state index in [1.54, 1.807) is 49.4 Å². The second kappa shape index (κ2) is 11.7. The topological polar surface area (TPSA) is 77.3 Å². The van der Waals surface area contributed by atoms with Gasteiger partial charge in [-0.25, -0.2) is 4.79 Å². The number of aliphatic carboxylic acids is 1. The minimum absolute atomic E-state index is 0.136. The minimum atomic E-state index is -0.983. The van der Waals surface area contributed by atoms with E-state index in [2.05, 4.69) is 5.16 Å². The van der Waals surface area contributed by atoms with E-state index in [1.807, 2.05) is 6.92 Å². The van der Waals surface area contributed by atoms with Crippen LogP contribution in [0.5, 0.6) is 5.75 Å². The van der Waals surface area contributed by atoms with Gasteiger partial charge in [0.1, 0.15) is 24.7 Å². The molecular formula is C21H23Cl2NO5. The number of benzene rings is 2. The molecule has 2 aromatic carbocycles. The number of halogens is 2. The van der Waals surface area contributed by atoms with Crippen molar-refractivity contribution in [2.75, 3.05) is 19.8 Å². The van der Waals surface area contributed by atoms with E-state index in [4.69, 9.17) is 37.5 Å². The standard InChI is InChI=1S/C21H23Cl2NO5/c1-3-27-20(21(25)26)11-14-5-8-16(9-6-14)28-13-19(24-29-4-2)17-10-7-15(22)12-18(17)23/h5-10,12,20H,3-4,11,13H2,1-2H3,(H,25,26)/b24-19+. The summed E-state index contributed by atoms with van der Waals surface area (Å²) >= 11 is 12.2. The van der Waals surface area contributed by atoms with Gasteiger partial charge in [0.15, 0.2) is 6.10 Å². The van der Waals surface area contributed by atoms with E-state index < -0.39 is 12.1 Å². The van der Waals surface area contributed by atoms with Crippen LogP contribution in [0.25, 0.3) is 0 Å². The molecule has 0 spiro atoms. The highest BCUT2D eigenvalue weighted by atomic mass is 35.5. The van der Waals surface area contributed by atoms with Gasteiger partial charge in [-0.2, -0.15) is 0 Å². The predicted molar refractivity (Wildman–Crippen MR) is 113 cm³/mol. The Kier molecular flexibility index (Phi) is 9.25. The Morgan fingerprint density at radius 2 is 1.83 bits per heavy atom. The molecule has 0 aromatic heterocycles. The fraction of sp³-hybridized carbons (Fsp3) is 0.333. The molecule has 0 amide bonds. The van der Waals surface area contributed by atoms with Crippen molar-refractivity contribution in [3.05, 3.63) is 63.6 Å². The Balaban J connectivity index is 2.06. The first-order valence-corrected chi connectivity index (χ1v) is 9.90. The molecule has 0 aliphatic carbocycles. The summed E-state index contributed by atoms with van der Waals surface area (Å²) in [6.45, 7) is 4.48. The monoisotopic (exact) mass is 439 g/mol. The van der Waals surface area contributed by atoms with Gasteiger partial charge in [0.25, 0.3) is 0 Å². The van der Waals surface area contributed by atoms with Crippen LogP contribution in [-0.2, 0) is 20.8 Å². The molecule has 0 bridgehead atoms. The molecule has 0 heterocycles. The maximum atomic E-state index is 11.2. The van der Waals surface area contributed by atoms with Crippen LogP contribution in [0.15, 0.2) is 47.6 Å². The highest BCUT2D eigenvalue weighted by Crippen LogP contribution is 2.23. The summed E-state index contributed by atoms with van der Waals surface area (Å²) in [4.78, 5) is 16.4. The van der Waals surface area contributed by atoms with Crippen molar-refractivity contribution in [2.45, 2.75) is 26.4 Å². The quantitative estimate of drug-likeness (QED) is 0.400. The zero-order chi connectivity index (χ0) is 21.2. The molecule has 1 N–H and O–H groups in total. The number of carboxylic acid groups (broad SMARTS) is 1. The van der Waals surface area contributed by atoms with E-state index in [-0.39, 0.29) is 13.0 Å². The van der Waals surface area contributed by atoms with Crippen LogP contribution < -0.4 is 4.74 Å². The van der Waals surface area contributed by atoms with E-state index >= 15 is 0 Å². The normalized spacial score (nSPS) is 12.5. The number of carbonyl (C=O) groups is 1. The molecule has 2 aromatic rings. The predicted octanol–water partition coefficient (Wildman–Crippen LogP) is 4.85. The Hall–Kier alpha value is -2.28. The van der Waals surface area contributed by atoms with Crippen molar-refractivity contribution in [2.24, 2.45) is 5.16 Å². The number of hydrogen-bond donors (Lipinski definition) is 1. The van der Waals surface area contributed by atoms with Gasteiger partial charge in [-0.3, -0.25) is 0 Å². The Morgan fingerprint density at radius 1 is 1.10 bits per heavy atom. The summed E-state index contributed by atoms with van der Waals surface area (Å²) in [5, 5.41) is 14.3. The first-order chi connectivity index (χ1) is 13.9. The molecule has 1 unspecified atom stereocenters. The molecule has 156 valence electrons. The van der Waals surface area contributed by atoms with Gasteiger partial charge < -0.3 is 19.4 Å². The molecule has 2 rings (SSSR count). The summed E-state index contributed by atoms with van der Waals surface area (Å²) < 4.78 is 11.1. The highest BCUT2D eigenvalue weighted by Gasteiger charge is 2.18. The average molecular weight is 440 g/mol. The molecule has 0 saturated heterocycles. The second-order valence-electron chi connectivity index (χ2n) is 6.00. The fourth-order valence-electron chi connectivity index (χ4n) is 2.53. The highest BCUT2D eigenvalue weighted by molar-refractivity contribution is 6.37. The number of ether oxygens (including phenoxy) is 2. The van der Waals surface area contributed by atoms with Crippen molar-refractivity contribution in [1.29, 1.82) is 0 Å². The third-order valence-electron chi connectivity index (χ3n) is 3.91. The van der Waals surface area contributed by atoms with Crippen LogP contribution in [0.3, 0.4) is 0 Å². The summed E-state index contributed by atoms with van der Waals surface area (Å²) in [7, 11) is 0. The van der Waals surface area contributed by atoms with Crippen LogP contribution in [0, 0.1) is 0 Å². The maximum absolute atomic E-state index is 11.2. The van der Waals surface area contributed by atoms with Crippen LogP contribution in [0.4, 0.5) is 0 Å². The lowest BCUT2D eigenvalue weighted by molar-refractivity contribution is -0.149. The SMILES string of the molecule is CCO/N=C(\COc1ccc(CC(OCC)C(=O)O)cc1)c1ccc(Cl)cc1Cl. The van der Waals surface area contributed by atoms with Crippen molar-refractivity contribution < 1.29 is 24.2 Å². The molecule has 0 saturated carbocycles. The van der Waals surface area contributed by atoms with Gasteiger partial charge in [0, 0.05) is 23.6 Å². The molecule has 0 radical (unpaired) electrons. The number of hydrogen-bond acceptors (Lipinski definition) is 5. The smallest absolute Gasteiger partial charge is 0.333 e. The Labute approximate surface area is 180 Å². The van der Waals surface area contributed by atoms with E-state index in [9.17, 15) is 9.90 Å². The molecule has 6 nitrogen and oxygen atoms in total. The van der Waals surface area contributed by atoms with Crippen molar-refractivity contribution in [3.8, 4) is 5.75 Å². The summed E-state index contributed by atoms with van der Waals surface area (Å²) in [6.07, 6.45) is -0.593. The molecule has 8 heteroatoms. The zero-order valence-electron chi connectivity index (χ0n) is 16.2. The largest absolute Gasteiger partial charge is 0.487 e. The first kappa shape index (κ1) is 23.0. The van der Waals surface area contributed by atoms with Gasteiger partial charge in [-0.15, -0.1) is 0 Å². The third-order valence-corrected chi connectivity index (χ3v) is 4.46. The van der Waals surface area contributed by atoms with Gasteiger partial charge in [0.2, 0.25) is 0 Å². The van der Waals surface area contributed by atoms with Crippen LogP contribution in [0.2, 0.25) is 10.0 Å². The summed E-state index contributed by atoms with van der Waals surface area (Å²) in [5.74, 6) is -0.380. The summed E-state index contributed by atoms with van der Waals surface area (Å²) in [5.41, 5.74) is 2.03. The first-order valence-electron chi connectivity index (χ1n) is 9.15. The van der Waals surface area contributed by atoms with Crippen LogP contribution >= 0.6 is 23.2 Å². The van der Waals surface area contributed by atoms with Gasteiger partial charge in [0.05, 0.1) is 5.02 Å². The summed E-state index contributed by atoms with van der Waals surface area (Å²) in [6, 6.07) is 12.2. The lowest BCUT2D eigenvalue weighted by Crippen LogP contribution is -2.26. The van der Waals surface area contributed by atoms with E-state index in [0.717, 1.165) is 5.56 Å². The van der Waals surface area contributed by atoms with E-state index in [1.165, 1.54) is 0 Å². The average Bonchev–Trinajstić information content (AvgIpc) is 2.69. The third kappa shape index (κ3) is 7.24. The van der Waals surface area contributed by atoms with Crippen molar-refractivity contribution in [3.63, 3.8) is 0 Å². The number of carboxylic acids is 1. The molecule has 0 aliphatic rings.